The van der Waals surface area contributed by atoms with Gasteiger partial charge in [0.2, 0.25) is 0 Å². The van der Waals surface area contributed by atoms with Crippen LogP contribution in [-0.2, 0) is 0 Å². The molecule has 0 amide bonds. The van der Waals surface area contributed by atoms with E-state index in [1.807, 2.05) is 36.4 Å². The van der Waals surface area contributed by atoms with Gasteiger partial charge in [0, 0.05) is 23.7 Å². The van der Waals surface area contributed by atoms with Crippen LogP contribution >= 0.6 is 0 Å². The Balaban J connectivity index is 1.59. The number of fused-ring (bicyclic) bond motifs is 2. The lowest BCUT2D eigenvalue weighted by Crippen LogP contribution is -2.20. The third kappa shape index (κ3) is 2.37. The van der Waals surface area contributed by atoms with Crippen molar-refractivity contribution in [3.05, 3.63) is 48.0 Å². The highest BCUT2D eigenvalue weighted by Crippen LogP contribution is 2.37. The number of anilines is 1. The highest BCUT2D eigenvalue weighted by molar-refractivity contribution is 5.57. The molecule has 4 heteroatoms. The van der Waals surface area contributed by atoms with E-state index < -0.39 is 0 Å². The Labute approximate surface area is 123 Å². The molecule has 4 rings (SSSR count). The summed E-state index contributed by atoms with van der Waals surface area (Å²) >= 11 is 0. The second-order valence-electron chi connectivity index (χ2n) is 5.23. The van der Waals surface area contributed by atoms with Crippen LogP contribution in [0.15, 0.2) is 42.5 Å². The van der Waals surface area contributed by atoms with Crippen LogP contribution in [0.4, 0.5) is 5.69 Å². The van der Waals surface area contributed by atoms with Gasteiger partial charge in [0.05, 0.1) is 12.6 Å². The molecule has 108 valence electrons. The summed E-state index contributed by atoms with van der Waals surface area (Å²) in [5.74, 6) is 2.60. The molecule has 1 atom stereocenters. The summed E-state index contributed by atoms with van der Waals surface area (Å²) in [6, 6.07) is 14.5. The number of ether oxygens (including phenoxy) is 3. The minimum Gasteiger partial charge on any atom is -0.493 e. The third-order valence-electron chi connectivity index (χ3n) is 3.84. The van der Waals surface area contributed by atoms with Gasteiger partial charge in [-0.3, -0.25) is 0 Å². The van der Waals surface area contributed by atoms with Gasteiger partial charge in [0.25, 0.3) is 0 Å². The van der Waals surface area contributed by atoms with Gasteiger partial charge < -0.3 is 19.5 Å². The third-order valence-corrected chi connectivity index (χ3v) is 3.84. The quantitative estimate of drug-likeness (QED) is 0.917. The second-order valence-corrected chi connectivity index (χ2v) is 5.23. The zero-order chi connectivity index (χ0) is 14.1. The monoisotopic (exact) mass is 283 g/mol. The molecule has 0 saturated carbocycles. The van der Waals surface area contributed by atoms with Crippen LogP contribution in [0.3, 0.4) is 0 Å². The number of hydrogen-bond acceptors (Lipinski definition) is 4. The number of nitrogens with one attached hydrogen (secondary N) is 1. The van der Waals surface area contributed by atoms with E-state index in [1.54, 1.807) is 0 Å². The highest BCUT2D eigenvalue weighted by atomic mass is 16.6. The lowest BCUT2D eigenvalue weighted by atomic mass is 10.0. The lowest BCUT2D eigenvalue weighted by molar-refractivity contribution is 0.171. The average molecular weight is 283 g/mol. The van der Waals surface area contributed by atoms with Crippen molar-refractivity contribution in [1.29, 1.82) is 0 Å². The summed E-state index contributed by atoms with van der Waals surface area (Å²) in [6.07, 6.45) is 0.950. The number of benzene rings is 2. The Kier molecular flexibility index (Phi) is 3.07. The molecule has 2 aromatic carbocycles. The molecule has 0 saturated heterocycles. The van der Waals surface area contributed by atoms with E-state index in [4.69, 9.17) is 14.2 Å². The van der Waals surface area contributed by atoms with Gasteiger partial charge in [-0.1, -0.05) is 18.2 Å². The minimum atomic E-state index is 0.262. The molecule has 0 aromatic heterocycles. The molecule has 1 unspecified atom stereocenters. The van der Waals surface area contributed by atoms with E-state index in [0.29, 0.717) is 13.2 Å². The Hall–Kier alpha value is -2.36. The van der Waals surface area contributed by atoms with Crippen molar-refractivity contribution in [3.63, 3.8) is 0 Å². The van der Waals surface area contributed by atoms with E-state index in [9.17, 15) is 0 Å². The zero-order valence-corrected chi connectivity index (χ0v) is 11.7. The normalized spacial score (nSPS) is 19.3. The number of rotatable bonds is 2. The van der Waals surface area contributed by atoms with Crippen LogP contribution in [0.5, 0.6) is 17.2 Å². The van der Waals surface area contributed by atoms with E-state index in [2.05, 4.69) is 11.4 Å². The van der Waals surface area contributed by atoms with Gasteiger partial charge >= 0.3 is 0 Å². The maximum Gasteiger partial charge on any atom is 0.163 e. The van der Waals surface area contributed by atoms with Crippen molar-refractivity contribution < 1.29 is 14.2 Å². The summed E-state index contributed by atoms with van der Waals surface area (Å²) in [7, 11) is 0. The van der Waals surface area contributed by atoms with Crippen molar-refractivity contribution in [2.75, 3.05) is 25.1 Å². The summed E-state index contributed by atoms with van der Waals surface area (Å²) in [5.41, 5.74) is 2.25. The van der Waals surface area contributed by atoms with E-state index in [0.717, 1.165) is 36.0 Å². The molecular formula is C17H17NO3. The number of para-hydroxylation sites is 1. The molecule has 4 nitrogen and oxygen atoms in total. The van der Waals surface area contributed by atoms with Crippen LogP contribution in [-0.4, -0.2) is 19.8 Å². The molecule has 0 aliphatic carbocycles. The van der Waals surface area contributed by atoms with Gasteiger partial charge in [-0.25, -0.2) is 0 Å². The van der Waals surface area contributed by atoms with Crippen molar-refractivity contribution in [2.45, 2.75) is 12.5 Å². The molecule has 2 aliphatic heterocycles. The van der Waals surface area contributed by atoms with Crippen molar-refractivity contribution in [2.24, 2.45) is 0 Å². The fourth-order valence-electron chi connectivity index (χ4n) is 2.83. The molecule has 2 heterocycles. The summed E-state index contributed by atoms with van der Waals surface area (Å²) < 4.78 is 16.9. The Bertz CT molecular complexity index is 656. The fourth-order valence-corrected chi connectivity index (χ4v) is 2.83. The number of hydrogen-bond donors (Lipinski definition) is 1. The Morgan fingerprint density at radius 1 is 0.810 bits per heavy atom. The predicted molar refractivity (Wildman–Crippen MR) is 80.3 cm³/mol. The van der Waals surface area contributed by atoms with Crippen LogP contribution in [0, 0.1) is 0 Å². The first-order chi connectivity index (χ1) is 10.4. The molecule has 0 bridgehead atoms. The first kappa shape index (κ1) is 12.4. The Morgan fingerprint density at radius 2 is 1.62 bits per heavy atom. The summed E-state index contributed by atoms with van der Waals surface area (Å²) in [6.45, 7) is 1.96. The van der Waals surface area contributed by atoms with Crippen molar-refractivity contribution >= 4 is 5.69 Å². The smallest absolute Gasteiger partial charge is 0.163 e. The van der Waals surface area contributed by atoms with Gasteiger partial charge in [-0.05, 0) is 18.2 Å². The van der Waals surface area contributed by atoms with Gasteiger partial charge in [-0.2, -0.15) is 0 Å². The molecule has 1 N–H and O–H groups in total. The topological polar surface area (TPSA) is 39.7 Å². The zero-order valence-electron chi connectivity index (χ0n) is 11.7. The summed E-state index contributed by atoms with van der Waals surface area (Å²) in [4.78, 5) is 0. The standard InChI is InChI=1S/C17H17NO3/c1-2-4-15-13(3-1)14(7-8-19-15)18-12-5-6-16-17(11-12)21-10-9-20-16/h1-6,11,14,18H,7-10H2. The molecule has 21 heavy (non-hydrogen) atoms. The second kappa shape index (κ2) is 5.20. The highest BCUT2D eigenvalue weighted by Gasteiger charge is 2.21. The molecule has 2 aliphatic rings. The first-order valence-corrected chi connectivity index (χ1v) is 7.28. The molecular weight excluding hydrogens is 266 g/mol. The maximum absolute atomic E-state index is 5.70. The molecule has 0 radical (unpaired) electrons. The van der Waals surface area contributed by atoms with Gasteiger partial charge in [0.15, 0.2) is 11.5 Å². The van der Waals surface area contributed by atoms with E-state index >= 15 is 0 Å². The van der Waals surface area contributed by atoms with Crippen molar-refractivity contribution in [1.82, 2.24) is 0 Å². The predicted octanol–water partition coefficient (Wildman–Crippen LogP) is 3.39. The minimum absolute atomic E-state index is 0.262. The first-order valence-electron chi connectivity index (χ1n) is 7.28. The van der Waals surface area contributed by atoms with Crippen LogP contribution in [0.1, 0.15) is 18.0 Å². The summed E-state index contributed by atoms with van der Waals surface area (Å²) in [5, 5.41) is 3.57. The van der Waals surface area contributed by atoms with Gasteiger partial charge in [0.1, 0.15) is 19.0 Å². The van der Waals surface area contributed by atoms with Crippen LogP contribution < -0.4 is 19.5 Å². The Morgan fingerprint density at radius 3 is 2.57 bits per heavy atom. The van der Waals surface area contributed by atoms with E-state index in [1.165, 1.54) is 5.56 Å². The van der Waals surface area contributed by atoms with Crippen LogP contribution in [0.25, 0.3) is 0 Å². The SMILES string of the molecule is c1ccc2c(c1)OCCC2Nc1ccc2c(c1)OCCO2. The fraction of sp³-hybridized carbons (Fsp3) is 0.294. The van der Waals surface area contributed by atoms with E-state index in [-0.39, 0.29) is 6.04 Å². The lowest BCUT2D eigenvalue weighted by Gasteiger charge is -2.28. The van der Waals surface area contributed by atoms with Crippen molar-refractivity contribution in [3.8, 4) is 17.2 Å². The van der Waals surface area contributed by atoms with Gasteiger partial charge in [-0.15, -0.1) is 0 Å². The maximum atomic E-state index is 5.70. The molecule has 0 spiro atoms. The van der Waals surface area contributed by atoms with Crippen LogP contribution in [0.2, 0.25) is 0 Å². The largest absolute Gasteiger partial charge is 0.493 e. The molecule has 0 fully saturated rings. The average Bonchev–Trinajstić information content (AvgIpc) is 2.55. The molecule has 2 aromatic rings.